The van der Waals surface area contributed by atoms with Gasteiger partial charge in [-0.3, -0.25) is 0 Å². The quantitative estimate of drug-likeness (QED) is 0.229. The summed E-state index contributed by atoms with van der Waals surface area (Å²) in [6.45, 7) is 8.20. The molecule has 6 nitrogen and oxygen atoms in total. The smallest absolute Gasteiger partial charge is 0.744 e. The monoisotopic (exact) mass is 566 g/mol. The Morgan fingerprint density at radius 2 is 0.865 bits per heavy atom. The van der Waals surface area contributed by atoms with Gasteiger partial charge in [0, 0.05) is 0 Å². The molecule has 0 saturated heterocycles. The summed E-state index contributed by atoms with van der Waals surface area (Å²) in [5, 5.41) is 3.68. The van der Waals surface area contributed by atoms with Crippen molar-refractivity contribution in [2.75, 3.05) is 0 Å². The largest absolute Gasteiger partial charge is 2.00 e. The van der Waals surface area contributed by atoms with Gasteiger partial charge in [0.05, 0.1) is 9.79 Å². The SMILES string of the molecule is CCc1ccc2ccc(S(=O)(=O)[O-])cc2c1CC.CCc1ccc2ccc(S(=O)(=O)[O-])cc2c1CC.[Ca+2]. The predicted molar refractivity (Wildman–Crippen MR) is 147 cm³/mol. The van der Waals surface area contributed by atoms with E-state index in [-0.39, 0.29) is 47.5 Å². The first-order chi connectivity index (χ1) is 16.9. The van der Waals surface area contributed by atoms with Crippen LogP contribution in [0.5, 0.6) is 0 Å². The van der Waals surface area contributed by atoms with Crippen molar-refractivity contribution < 1.29 is 25.9 Å². The van der Waals surface area contributed by atoms with Gasteiger partial charge >= 0.3 is 37.7 Å². The van der Waals surface area contributed by atoms with Gasteiger partial charge in [-0.25, -0.2) is 16.8 Å². The van der Waals surface area contributed by atoms with Crippen LogP contribution in [-0.4, -0.2) is 63.7 Å². The molecule has 0 saturated carbocycles. The maximum absolute atomic E-state index is 11.1. The zero-order valence-corrected chi connectivity index (χ0v) is 25.4. The van der Waals surface area contributed by atoms with Crippen LogP contribution < -0.4 is 0 Å². The van der Waals surface area contributed by atoms with E-state index >= 15 is 0 Å². The average molecular weight is 567 g/mol. The van der Waals surface area contributed by atoms with E-state index in [1.165, 1.54) is 35.4 Å². The van der Waals surface area contributed by atoms with Gasteiger partial charge in [-0.1, -0.05) is 64.1 Å². The zero-order chi connectivity index (χ0) is 26.7. The third-order valence-electron chi connectivity index (χ3n) is 6.45. The van der Waals surface area contributed by atoms with Crippen LogP contribution in [0.3, 0.4) is 0 Å². The molecule has 0 atom stereocenters. The number of fused-ring (bicyclic) bond motifs is 2. The van der Waals surface area contributed by atoms with Crippen LogP contribution in [-0.2, 0) is 45.9 Å². The van der Waals surface area contributed by atoms with E-state index in [0.29, 0.717) is 0 Å². The van der Waals surface area contributed by atoms with E-state index in [2.05, 4.69) is 26.0 Å². The standard InChI is InChI=1S/2C14H16O3S.Ca/c2*1-3-10-5-6-11-7-8-12(18(15,16)17)9-14(11)13(10)4-2;/h2*5-9H,3-4H2,1-2H3,(H,15,16,17);/q;;+2/p-2. The van der Waals surface area contributed by atoms with E-state index in [1.807, 2.05) is 26.0 Å². The maximum atomic E-state index is 11.1. The van der Waals surface area contributed by atoms with Gasteiger partial charge in [0.15, 0.2) is 0 Å². The van der Waals surface area contributed by atoms with E-state index in [1.54, 1.807) is 12.1 Å². The molecule has 0 N–H and O–H groups in total. The molecule has 0 radical (unpaired) electrons. The topological polar surface area (TPSA) is 114 Å². The molecule has 0 spiro atoms. The Balaban J connectivity index is 0.000000253. The number of rotatable bonds is 6. The van der Waals surface area contributed by atoms with Gasteiger partial charge in [-0.2, -0.15) is 0 Å². The molecule has 0 aliphatic rings. The molecule has 0 heterocycles. The van der Waals surface area contributed by atoms with Crippen LogP contribution in [0.15, 0.2) is 70.5 Å². The second-order valence-corrected chi connectivity index (χ2v) is 11.3. The summed E-state index contributed by atoms with van der Waals surface area (Å²) in [4.78, 5) is -0.309. The summed E-state index contributed by atoms with van der Waals surface area (Å²) in [7, 11) is -8.78. The minimum absolute atomic E-state index is 0. The predicted octanol–water partition coefficient (Wildman–Crippen LogP) is 5.36. The van der Waals surface area contributed by atoms with Crippen LogP contribution in [0.25, 0.3) is 21.5 Å². The Morgan fingerprint density at radius 1 is 0.541 bits per heavy atom. The Hall–Kier alpha value is -1.52. The van der Waals surface area contributed by atoms with E-state index < -0.39 is 20.2 Å². The third kappa shape index (κ3) is 7.32. The normalized spacial score (nSPS) is 11.6. The molecule has 0 bridgehead atoms. The molecule has 0 aliphatic heterocycles. The summed E-state index contributed by atoms with van der Waals surface area (Å²) in [6, 6.07) is 17.2. The van der Waals surface area contributed by atoms with Gasteiger partial charge in [0.1, 0.15) is 20.2 Å². The maximum Gasteiger partial charge on any atom is 2.00 e. The zero-order valence-electron chi connectivity index (χ0n) is 21.6. The molecule has 192 valence electrons. The van der Waals surface area contributed by atoms with E-state index in [9.17, 15) is 25.9 Å². The van der Waals surface area contributed by atoms with Crippen molar-refractivity contribution in [1.82, 2.24) is 0 Å². The molecular weight excluding hydrogens is 537 g/mol. The third-order valence-corrected chi connectivity index (χ3v) is 8.11. The number of aryl methyl sites for hydroxylation is 4. The first-order valence-corrected chi connectivity index (χ1v) is 14.8. The van der Waals surface area contributed by atoms with Crippen molar-refractivity contribution in [3.63, 3.8) is 0 Å². The fraction of sp³-hybridized carbons (Fsp3) is 0.286. The molecule has 9 heteroatoms. The van der Waals surface area contributed by atoms with Gasteiger partial charge in [-0.15, -0.1) is 0 Å². The van der Waals surface area contributed by atoms with Crippen molar-refractivity contribution in [1.29, 1.82) is 0 Å². The second kappa shape index (κ2) is 13.0. The minimum Gasteiger partial charge on any atom is -0.744 e. The minimum atomic E-state index is -4.39. The fourth-order valence-electron chi connectivity index (χ4n) is 4.62. The van der Waals surface area contributed by atoms with Crippen LogP contribution in [0, 0.1) is 0 Å². The molecule has 4 aromatic carbocycles. The summed E-state index contributed by atoms with van der Waals surface area (Å²) in [5.41, 5.74) is 4.65. The molecule has 4 rings (SSSR count). The van der Waals surface area contributed by atoms with Crippen molar-refractivity contribution in [3.05, 3.63) is 82.9 Å². The summed E-state index contributed by atoms with van der Waals surface area (Å²) in [6.07, 6.45) is 3.44. The Morgan fingerprint density at radius 3 is 1.14 bits per heavy atom. The molecule has 4 aromatic rings. The first kappa shape index (κ1) is 31.7. The Kier molecular flexibility index (Phi) is 11.2. The van der Waals surface area contributed by atoms with Crippen molar-refractivity contribution in [2.45, 2.75) is 63.2 Å². The molecule has 0 fully saturated rings. The summed E-state index contributed by atoms with van der Waals surface area (Å²) >= 11 is 0. The van der Waals surface area contributed by atoms with Crippen molar-refractivity contribution in [3.8, 4) is 0 Å². The molecule has 0 aromatic heterocycles. The fourth-order valence-corrected chi connectivity index (χ4v) is 5.61. The van der Waals surface area contributed by atoms with Crippen molar-refractivity contribution >= 4 is 79.5 Å². The van der Waals surface area contributed by atoms with E-state index in [0.717, 1.165) is 58.4 Å². The molecule has 0 aliphatic carbocycles. The van der Waals surface area contributed by atoms with Crippen LogP contribution in [0.4, 0.5) is 0 Å². The number of hydrogen-bond acceptors (Lipinski definition) is 6. The Bertz CT molecular complexity index is 1500. The summed E-state index contributed by atoms with van der Waals surface area (Å²) < 4.78 is 66.5. The van der Waals surface area contributed by atoms with Gasteiger partial charge in [0.25, 0.3) is 0 Å². The molecular formula is C28H30CaO6S2. The van der Waals surface area contributed by atoms with E-state index in [4.69, 9.17) is 0 Å². The second-order valence-electron chi connectivity index (χ2n) is 8.49. The average Bonchev–Trinajstić information content (AvgIpc) is 2.85. The van der Waals surface area contributed by atoms with Gasteiger partial charge in [0.2, 0.25) is 0 Å². The van der Waals surface area contributed by atoms with Crippen LogP contribution in [0.1, 0.15) is 49.9 Å². The Labute approximate surface area is 249 Å². The van der Waals surface area contributed by atoms with Gasteiger partial charge in [-0.05, 0) is 93.7 Å². The first-order valence-electron chi connectivity index (χ1n) is 11.9. The van der Waals surface area contributed by atoms with Crippen LogP contribution >= 0.6 is 0 Å². The molecule has 0 amide bonds. The number of benzene rings is 4. The molecule has 37 heavy (non-hydrogen) atoms. The number of hydrogen-bond donors (Lipinski definition) is 0. The molecule has 0 unspecified atom stereocenters. The van der Waals surface area contributed by atoms with Gasteiger partial charge < -0.3 is 9.11 Å². The summed E-state index contributed by atoms with van der Waals surface area (Å²) in [5.74, 6) is 0. The van der Waals surface area contributed by atoms with Crippen LogP contribution in [0.2, 0.25) is 0 Å². The van der Waals surface area contributed by atoms with Crippen molar-refractivity contribution in [2.24, 2.45) is 0 Å².